The summed E-state index contributed by atoms with van der Waals surface area (Å²) in [5.41, 5.74) is 8.74. The molecule has 5 heteroatoms. The Morgan fingerprint density at radius 1 is 0.714 bits per heavy atom. The molecule has 0 saturated carbocycles. The number of benzene rings is 4. The highest BCUT2D eigenvalue weighted by atomic mass is 32.1. The van der Waals surface area contributed by atoms with E-state index < -0.39 is 0 Å². The highest BCUT2D eigenvalue weighted by Gasteiger charge is 2.32. The van der Waals surface area contributed by atoms with Crippen molar-refractivity contribution in [1.29, 1.82) is 0 Å². The number of rotatable bonds is 15. The van der Waals surface area contributed by atoms with Crippen LogP contribution in [0.5, 0.6) is 0 Å². The van der Waals surface area contributed by atoms with E-state index in [2.05, 4.69) is 108 Å². The van der Waals surface area contributed by atoms with Gasteiger partial charge in [0.15, 0.2) is 0 Å². The Kier molecular flexibility index (Phi) is 12.0. The lowest BCUT2D eigenvalue weighted by Gasteiger charge is -2.34. The smallest absolute Gasteiger partial charge is 0.305 e. The number of carbonyl (C=O) groups is 2. The van der Waals surface area contributed by atoms with Crippen molar-refractivity contribution in [2.24, 2.45) is 11.8 Å². The zero-order chi connectivity index (χ0) is 35.0. The number of ether oxygens (including phenoxy) is 1. The van der Waals surface area contributed by atoms with Crippen molar-refractivity contribution < 1.29 is 14.3 Å². The number of carbonyl (C=O) groups excluding carboxylic acids is 2. The van der Waals surface area contributed by atoms with Crippen molar-refractivity contribution in [3.8, 4) is 11.1 Å². The van der Waals surface area contributed by atoms with Gasteiger partial charge in [-0.25, -0.2) is 4.48 Å². The van der Waals surface area contributed by atoms with Crippen molar-refractivity contribution in [1.82, 2.24) is 4.48 Å². The Balaban J connectivity index is 1.52. The largest absolute Gasteiger partial charge is 0.466 e. The van der Waals surface area contributed by atoms with Crippen LogP contribution in [0.2, 0.25) is 0 Å². The van der Waals surface area contributed by atoms with Crippen LogP contribution in [0.25, 0.3) is 11.1 Å². The molecule has 0 radical (unpaired) electrons. The van der Waals surface area contributed by atoms with Gasteiger partial charge < -0.3 is 4.74 Å². The summed E-state index contributed by atoms with van der Waals surface area (Å²) in [6.07, 6.45) is 3.81. The quantitative estimate of drug-likeness (QED) is 0.0631. The minimum Gasteiger partial charge on any atom is -0.466 e. The molecule has 0 aliphatic heterocycles. The van der Waals surface area contributed by atoms with Crippen LogP contribution in [-0.4, -0.2) is 25.4 Å². The van der Waals surface area contributed by atoms with E-state index in [9.17, 15) is 9.59 Å². The Labute approximate surface area is 297 Å². The predicted molar refractivity (Wildman–Crippen MR) is 206 cm³/mol. The monoisotopic (exact) mass is 672 g/mol. The van der Waals surface area contributed by atoms with E-state index in [-0.39, 0.29) is 11.8 Å². The van der Waals surface area contributed by atoms with Gasteiger partial charge in [-0.3, -0.25) is 9.59 Å². The van der Waals surface area contributed by atoms with Gasteiger partial charge in [0.1, 0.15) is 17.1 Å². The van der Waals surface area contributed by atoms with Crippen LogP contribution >= 0.6 is 11.3 Å². The van der Waals surface area contributed by atoms with Crippen LogP contribution in [0, 0.1) is 11.8 Å². The molecule has 5 rings (SSSR count). The first-order valence-corrected chi connectivity index (χ1v) is 18.4. The molecule has 1 aromatic heterocycles. The second-order valence-corrected chi connectivity index (χ2v) is 15.0. The fourth-order valence-electron chi connectivity index (χ4n) is 6.53. The van der Waals surface area contributed by atoms with Crippen LogP contribution in [0.15, 0.2) is 109 Å². The molecule has 0 atom stereocenters. The summed E-state index contributed by atoms with van der Waals surface area (Å²) in [7, 11) is 2.22. The molecule has 0 fully saturated rings. The molecule has 0 spiro atoms. The molecule has 0 aliphatic carbocycles. The minimum atomic E-state index is -0.182. The molecule has 49 heavy (non-hydrogen) atoms. The third kappa shape index (κ3) is 8.83. The van der Waals surface area contributed by atoms with Crippen molar-refractivity contribution in [2.45, 2.75) is 66.7 Å². The van der Waals surface area contributed by atoms with E-state index >= 15 is 0 Å². The number of hydrogen-bond donors (Lipinski definition) is 0. The molecule has 1 heterocycles. The fraction of sp³-hybridized carbons (Fsp3) is 0.318. The lowest BCUT2D eigenvalue weighted by Crippen LogP contribution is -2.34. The zero-order valence-electron chi connectivity index (χ0n) is 29.9. The summed E-state index contributed by atoms with van der Waals surface area (Å²) in [5.74, 6) is 0.992. The topological polar surface area (TPSA) is 43.4 Å². The van der Waals surface area contributed by atoms with Gasteiger partial charge in [0, 0.05) is 53.3 Å². The highest BCUT2D eigenvalue weighted by molar-refractivity contribution is 7.14. The minimum absolute atomic E-state index is 0.00628. The fourth-order valence-corrected chi connectivity index (χ4v) is 7.72. The summed E-state index contributed by atoms with van der Waals surface area (Å²) in [5, 5.41) is 0. The summed E-state index contributed by atoms with van der Waals surface area (Å²) in [4.78, 5) is 28.1. The van der Waals surface area contributed by atoms with E-state index in [1.807, 2.05) is 43.3 Å². The molecule has 0 N–H and O–H groups in total. The molecule has 0 bridgehead atoms. The molecular formula is C44H50NO3S+. The van der Waals surface area contributed by atoms with Gasteiger partial charge in [-0.15, -0.1) is 11.3 Å². The second-order valence-electron chi connectivity index (χ2n) is 13.9. The number of aryl methyl sites for hydroxylation is 1. The van der Waals surface area contributed by atoms with Crippen molar-refractivity contribution in [3.05, 3.63) is 136 Å². The van der Waals surface area contributed by atoms with E-state index in [1.54, 1.807) is 0 Å². The Morgan fingerprint density at radius 3 is 1.86 bits per heavy atom. The van der Waals surface area contributed by atoms with Crippen molar-refractivity contribution in [3.63, 3.8) is 0 Å². The Hall–Kier alpha value is -4.32. The molecule has 0 saturated heterocycles. The molecule has 0 amide bonds. The van der Waals surface area contributed by atoms with Gasteiger partial charge in [0.25, 0.3) is 0 Å². The van der Waals surface area contributed by atoms with Gasteiger partial charge in [-0.2, -0.15) is 0 Å². The van der Waals surface area contributed by atoms with E-state index in [0.29, 0.717) is 52.6 Å². The highest BCUT2D eigenvalue weighted by Crippen LogP contribution is 2.43. The third-order valence-corrected chi connectivity index (χ3v) is 10.2. The van der Waals surface area contributed by atoms with Gasteiger partial charge in [0.05, 0.1) is 18.5 Å². The lowest BCUT2D eigenvalue weighted by molar-refractivity contribution is -0.143. The molecule has 254 valence electrons. The van der Waals surface area contributed by atoms with E-state index in [0.717, 1.165) is 45.9 Å². The standard InChI is InChI=1S/C44H50NO3S/c1-7-48-43(46)18-12-17-41-40(35-13-9-8-10-14-35)30-42(49-41)44(47)36-15-11-16-39(29-36)45(6,37-23-19-33(20-24-37)27-31(2)3)38-25-21-34(22-26-38)28-32(4)5/h8-11,13-16,19-26,29-32H,7,12,17-18,27-28H2,1-6H3/q+1. The Morgan fingerprint density at radius 2 is 1.31 bits per heavy atom. The first-order valence-electron chi connectivity index (χ1n) is 17.6. The third-order valence-electron chi connectivity index (χ3n) is 9.03. The van der Waals surface area contributed by atoms with E-state index in [4.69, 9.17) is 4.74 Å². The summed E-state index contributed by atoms with van der Waals surface area (Å²) >= 11 is 1.53. The Bertz CT molecular complexity index is 1780. The molecule has 5 aromatic rings. The van der Waals surface area contributed by atoms with Crippen LogP contribution in [0.3, 0.4) is 0 Å². The normalized spacial score (nSPS) is 11.7. The molecular weight excluding hydrogens is 623 g/mol. The van der Waals surface area contributed by atoms with Gasteiger partial charge in [-0.1, -0.05) is 94.4 Å². The number of ketones is 1. The number of nitrogens with zero attached hydrogens (tertiary/aromatic N) is 1. The van der Waals surface area contributed by atoms with Crippen LogP contribution < -0.4 is 4.48 Å². The van der Waals surface area contributed by atoms with Crippen LogP contribution in [0.1, 0.15) is 78.7 Å². The SMILES string of the molecule is CCOC(=O)CCCc1sc(C(=O)c2cccc([N+](C)(c3ccc(CC(C)C)cc3)c3ccc(CC(C)C)cc3)c2)cc1-c1ccccc1. The predicted octanol–water partition coefficient (Wildman–Crippen LogP) is 11.5. The summed E-state index contributed by atoms with van der Waals surface area (Å²) < 4.78 is 5.58. The number of hydrogen-bond acceptors (Lipinski definition) is 4. The average molecular weight is 673 g/mol. The number of thiophene rings is 1. The van der Waals surface area contributed by atoms with E-state index in [1.165, 1.54) is 22.5 Å². The van der Waals surface area contributed by atoms with Crippen molar-refractivity contribution in [2.75, 3.05) is 13.7 Å². The van der Waals surface area contributed by atoms with Crippen LogP contribution in [0.4, 0.5) is 17.1 Å². The van der Waals surface area contributed by atoms with Crippen molar-refractivity contribution >= 4 is 40.2 Å². The maximum absolute atomic E-state index is 14.3. The maximum atomic E-state index is 14.3. The first kappa shape index (κ1) is 36.0. The lowest BCUT2D eigenvalue weighted by atomic mass is 9.99. The zero-order valence-corrected chi connectivity index (χ0v) is 30.7. The maximum Gasteiger partial charge on any atom is 0.305 e. The second kappa shape index (κ2) is 16.4. The summed E-state index contributed by atoms with van der Waals surface area (Å²) in [6, 6.07) is 38.3. The number of esters is 1. The number of quaternary nitrogens is 1. The van der Waals surface area contributed by atoms with Crippen LogP contribution in [-0.2, 0) is 28.8 Å². The summed E-state index contributed by atoms with van der Waals surface area (Å²) in [6.45, 7) is 11.2. The molecule has 0 unspecified atom stereocenters. The van der Waals surface area contributed by atoms with Gasteiger partial charge in [0.2, 0.25) is 5.78 Å². The average Bonchev–Trinajstić information content (AvgIpc) is 3.52. The molecule has 0 aliphatic rings. The molecule has 4 aromatic carbocycles. The van der Waals surface area contributed by atoms with Gasteiger partial charge in [-0.05, 0) is 72.8 Å². The first-order chi connectivity index (χ1) is 23.6. The molecule has 4 nitrogen and oxygen atoms in total. The van der Waals surface area contributed by atoms with Gasteiger partial charge >= 0.3 is 5.97 Å².